The fraction of sp³-hybridized carbons (Fsp3) is 0.641. The number of ether oxygens (including phenoxy) is 6. The molecule has 3 unspecified atom stereocenters. The van der Waals surface area contributed by atoms with Crippen molar-refractivity contribution in [1.29, 1.82) is 0 Å². The third-order valence-electron chi connectivity index (χ3n) is 12.5. The maximum Gasteiger partial charge on any atom is 0.514 e. The van der Waals surface area contributed by atoms with Crippen LogP contribution in [0.15, 0.2) is 42.0 Å². The highest BCUT2D eigenvalue weighted by Gasteiger charge is 2.80. The van der Waals surface area contributed by atoms with Gasteiger partial charge in [-0.3, -0.25) is 20.0 Å². The number of halogens is 1. The van der Waals surface area contributed by atoms with E-state index in [4.69, 9.17) is 38.8 Å². The van der Waals surface area contributed by atoms with E-state index < -0.39 is 82.5 Å². The standard InChI is InChI=1S/C39H50FNO14/c1-22(54-41(47)48)9-7-8-16-50-33(45)23-10-13-28(29(17-23)49-6)52-34(46)51-21-31(44)39-32(53-35(2,3)55-39)19-27-26-12-11-24-18-25(42)14-15-36(24,4)38(26,40)30(43)20-37(27,39)5/h10,13-15,17-18,22,26-27,30,32,43,47-48H,7-9,11-12,16,19-21H2,1-6H3/t22?,26?,27?,30-,32+,36-,37-,38-,39+/m0/s1. The summed E-state index contributed by atoms with van der Waals surface area (Å²) in [7, 11) is 1.31. The lowest BCUT2D eigenvalue weighted by atomic mass is 9.44. The summed E-state index contributed by atoms with van der Waals surface area (Å²) < 4.78 is 51.8. The van der Waals surface area contributed by atoms with E-state index in [1.54, 1.807) is 33.8 Å². The van der Waals surface area contributed by atoms with Gasteiger partial charge >= 0.3 is 12.1 Å². The summed E-state index contributed by atoms with van der Waals surface area (Å²) in [6.07, 6.45) is 2.85. The predicted octanol–water partition coefficient (Wildman–Crippen LogP) is 5.38. The molecule has 4 aliphatic carbocycles. The summed E-state index contributed by atoms with van der Waals surface area (Å²) in [5.41, 5.74) is -5.39. The van der Waals surface area contributed by atoms with Crippen molar-refractivity contribution in [3.8, 4) is 11.5 Å². The van der Waals surface area contributed by atoms with Gasteiger partial charge in [0.25, 0.3) is 0 Å². The Morgan fingerprint density at radius 1 is 1.07 bits per heavy atom. The van der Waals surface area contributed by atoms with E-state index in [0.29, 0.717) is 37.7 Å². The van der Waals surface area contributed by atoms with Crippen LogP contribution < -0.4 is 9.47 Å². The van der Waals surface area contributed by atoms with Gasteiger partial charge in [-0.2, -0.15) is 0 Å². The summed E-state index contributed by atoms with van der Waals surface area (Å²) in [6, 6.07) is 4.00. The normalized spacial score (nSPS) is 34.8. The number of allylic oxidation sites excluding steroid dienone is 4. The number of carbonyl (C=O) groups excluding carboxylic acids is 4. The fourth-order valence-electron chi connectivity index (χ4n) is 10.0. The lowest BCUT2D eigenvalue weighted by Gasteiger charge is -2.62. The number of hydrogen-bond acceptors (Lipinski definition) is 15. The Morgan fingerprint density at radius 2 is 1.82 bits per heavy atom. The average Bonchev–Trinajstić information content (AvgIpc) is 3.52. The minimum absolute atomic E-state index is 0.0163. The second-order valence-corrected chi connectivity index (χ2v) is 16.1. The molecule has 1 aromatic carbocycles. The second-order valence-electron chi connectivity index (χ2n) is 16.1. The minimum Gasteiger partial charge on any atom is -0.493 e. The third-order valence-corrected chi connectivity index (χ3v) is 12.5. The molecule has 4 fully saturated rings. The molecule has 0 spiro atoms. The van der Waals surface area contributed by atoms with Crippen molar-refractivity contribution >= 4 is 23.7 Å². The number of nitrogens with zero attached hydrogens (tertiary/aromatic N) is 1. The van der Waals surface area contributed by atoms with Crippen LogP contribution in [0.4, 0.5) is 9.18 Å². The van der Waals surface area contributed by atoms with Gasteiger partial charge in [0.05, 0.1) is 43.0 Å². The highest BCUT2D eigenvalue weighted by molar-refractivity contribution is 6.01. The van der Waals surface area contributed by atoms with Crippen molar-refractivity contribution in [3.63, 3.8) is 0 Å². The molecule has 15 nitrogen and oxygen atoms in total. The van der Waals surface area contributed by atoms with Crippen LogP contribution in [0.5, 0.6) is 11.5 Å². The Balaban J connectivity index is 1.12. The van der Waals surface area contributed by atoms with Crippen LogP contribution >= 0.6 is 0 Å². The molecular weight excluding hydrogens is 725 g/mol. The van der Waals surface area contributed by atoms with E-state index >= 15 is 4.39 Å². The molecule has 0 bridgehead atoms. The number of carbonyl (C=O) groups is 4. The number of aliphatic hydroxyl groups excluding tert-OH is 1. The van der Waals surface area contributed by atoms with Crippen molar-refractivity contribution in [3.05, 3.63) is 47.6 Å². The lowest BCUT2D eigenvalue weighted by molar-refractivity contribution is -0.503. The van der Waals surface area contributed by atoms with E-state index in [0.717, 1.165) is 0 Å². The summed E-state index contributed by atoms with van der Waals surface area (Å²) >= 11 is 0. The van der Waals surface area contributed by atoms with Crippen LogP contribution in [-0.4, -0.2) is 100 Å². The van der Waals surface area contributed by atoms with Crippen molar-refractivity contribution in [2.24, 2.45) is 22.7 Å². The monoisotopic (exact) mass is 775 g/mol. The van der Waals surface area contributed by atoms with Crippen LogP contribution in [0, 0.1) is 22.7 Å². The molecule has 9 atom stereocenters. The average molecular weight is 776 g/mol. The zero-order valence-electron chi connectivity index (χ0n) is 31.9. The van der Waals surface area contributed by atoms with Gasteiger partial charge in [-0.05, 0) is 109 Å². The molecule has 5 aliphatic rings. The van der Waals surface area contributed by atoms with Crippen LogP contribution in [0.25, 0.3) is 0 Å². The molecule has 55 heavy (non-hydrogen) atoms. The first-order chi connectivity index (χ1) is 25.8. The van der Waals surface area contributed by atoms with Crippen LogP contribution in [0.3, 0.4) is 0 Å². The number of Topliss-reactive ketones (excluding diaryl/α,β-unsaturated/α-hetero) is 1. The molecule has 1 aliphatic heterocycles. The molecule has 1 saturated heterocycles. The first-order valence-electron chi connectivity index (χ1n) is 18.6. The highest BCUT2D eigenvalue weighted by atomic mass is 19.1. The quantitative estimate of drug-likeness (QED) is 0.0999. The molecule has 0 radical (unpaired) electrons. The number of hydrogen-bond donors (Lipinski definition) is 3. The molecule has 0 amide bonds. The summed E-state index contributed by atoms with van der Waals surface area (Å²) in [4.78, 5) is 56.9. The Labute approximate surface area is 318 Å². The minimum atomic E-state index is -2.12. The number of alkyl halides is 1. The third kappa shape index (κ3) is 7.00. The maximum atomic E-state index is 17.7. The van der Waals surface area contributed by atoms with E-state index in [1.807, 2.05) is 6.92 Å². The topological polar surface area (TPSA) is 197 Å². The molecule has 1 heterocycles. The first kappa shape index (κ1) is 40.9. The number of aliphatic hydroxyl groups is 1. The maximum absolute atomic E-state index is 17.7. The summed E-state index contributed by atoms with van der Waals surface area (Å²) in [6.45, 7) is 7.84. The lowest BCUT2D eigenvalue weighted by Crippen LogP contribution is -2.70. The molecule has 3 saturated carbocycles. The number of esters is 1. The van der Waals surface area contributed by atoms with Crippen LogP contribution in [0.1, 0.15) is 89.9 Å². The van der Waals surface area contributed by atoms with Crippen molar-refractivity contribution in [2.45, 2.75) is 115 Å². The molecule has 302 valence electrons. The summed E-state index contributed by atoms with van der Waals surface area (Å²) in [5.74, 6) is -3.93. The van der Waals surface area contributed by atoms with Crippen molar-refractivity contribution in [1.82, 2.24) is 5.39 Å². The zero-order chi connectivity index (χ0) is 40.1. The molecule has 16 heteroatoms. The van der Waals surface area contributed by atoms with Gasteiger partial charge in [0.2, 0.25) is 5.78 Å². The molecule has 3 N–H and O–H groups in total. The second kappa shape index (κ2) is 15.0. The Kier molecular flexibility index (Phi) is 11.1. The van der Waals surface area contributed by atoms with Crippen molar-refractivity contribution < 1.29 is 72.3 Å². The smallest absolute Gasteiger partial charge is 0.493 e. The van der Waals surface area contributed by atoms with Gasteiger partial charge in [0.15, 0.2) is 40.9 Å². The Bertz CT molecular complexity index is 1760. The number of rotatable bonds is 13. The van der Waals surface area contributed by atoms with Gasteiger partial charge in [-0.15, -0.1) is 0 Å². The van der Waals surface area contributed by atoms with Crippen LogP contribution in [0.2, 0.25) is 0 Å². The van der Waals surface area contributed by atoms with Gasteiger partial charge in [0.1, 0.15) is 0 Å². The van der Waals surface area contributed by atoms with Gasteiger partial charge in [-0.25, -0.2) is 18.8 Å². The molecule has 6 rings (SSSR count). The van der Waals surface area contributed by atoms with Gasteiger partial charge in [0, 0.05) is 16.7 Å². The number of ketones is 2. The zero-order valence-corrected chi connectivity index (χ0v) is 31.9. The SMILES string of the molecule is COc1cc(C(=O)OCCCCC(C)ON(O)O)ccc1OC(=O)OCC(=O)[C@@]12OC(C)(C)O[C@@H]1CC1C3CCC4=CC(=O)C=C[C@]4(C)[C@@]3(F)[C@@H](O)C[C@@]12C. The van der Waals surface area contributed by atoms with Gasteiger partial charge in [-0.1, -0.05) is 18.6 Å². The highest BCUT2D eigenvalue weighted by Crippen LogP contribution is 2.72. The summed E-state index contributed by atoms with van der Waals surface area (Å²) in [5, 5.41) is 28.8. The molecular formula is C39H50FNO14. The Morgan fingerprint density at radius 3 is 2.53 bits per heavy atom. The van der Waals surface area contributed by atoms with E-state index in [2.05, 4.69) is 4.84 Å². The fourth-order valence-corrected chi connectivity index (χ4v) is 10.0. The number of benzene rings is 1. The van der Waals surface area contributed by atoms with E-state index in [9.17, 15) is 24.3 Å². The molecule has 1 aromatic rings. The molecule has 0 aromatic heterocycles. The number of methoxy groups -OCH3 is 1. The van der Waals surface area contributed by atoms with E-state index in [1.165, 1.54) is 37.5 Å². The predicted molar refractivity (Wildman–Crippen MR) is 187 cm³/mol. The van der Waals surface area contributed by atoms with E-state index in [-0.39, 0.29) is 47.7 Å². The number of fused-ring (bicyclic) bond motifs is 7. The largest absolute Gasteiger partial charge is 0.514 e. The van der Waals surface area contributed by atoms with Crippen LogP contribution in [-0.2, 0) is 33.4 Å². The van der Waals surface area contributed by atoms with Gasteiger partial charge < -0.3 is 33.5 Å². The number of unbranched alkanes of at least 4 members (excludes halogenated alkanes) is 1. The Hall–Kier alpha value is -3.77. The van der Waals surface area contributed by atoms with Crippen molar-refractivity contribution in [2.75, 3.05) is 20.3 Å². The first-order valence-corrected chi connectivity index (χ1v) is 18.6.